The summed E-state index contributed by atoms with van der Waals surface area (Å²) < 4.78 is 1.24. The maximum atomic E-state index is 2.39. The number of hydrogen-bond donors (Lipinski definition) is 0. The molecule has 0 aromatic heterocycles. The highest BCUT2D eigenvalue weighted by Gasteiger charge is 2.04. The van der Waals surface area contributed by atoms with Crippen LogP contribution in [-0.4, -0.2) is 27.5 Å². The van der Waals surface area contributed by atoms with Crippen LogP contribution < -0.4 is 0 Å². The molecule has 0 aromatic carbocycles. The van der Waals surface area contributed by atoms with E-state index in [0.29, 0.717) is 5.41 Å². The lowest BCUT2D eigenvalue weighted by Gasteiger charge is -2.11. The van der Waals surface area contributed by atoms with Gasteiger partial charge in [-0.25, -0.2) is 0 Å². The Balaban J connectivity index is 0. The monoisotopic (exact) mass is 224 g/mol. The van der Waals surface area contributed by atoms with Gasteiger partial charge in [-0.3, -0.25) is 0 Å². The second kappa shape index (κ2) is 4.38. The summed E-state index contributed by atoms with van der Waals surface area (Å²) in [7, 11) is 0. The maximum Gasteiger partial charge on any atom is 0.316 e. The lowest BCUT2D eigenvalue weighted by Crippen LogP contribution is -2.04. The maximum absolute atomic E-state index is 2.39. The van der Waals surface area contributed by atoms with Crippen LogP contribution in [0.15, 0.2) is 0 Å². The predicted molar refractivity (Wildman–Crippen MR) is 46.9 cm³/mol. The Morgan fingerprint density at radius 2 is 1.43 bits per heavy atom. The van der Waals surface area contributed by atoms with Crippen molar-refractivity contribution in [3.05, 3.63) is 0 Å². The van der Waals surface area contributed by atoms with Gasteiger partial charge in [0.1, 0.15) is 0 Å². The van der Waals surface area contributed by atoms with E-state index in [2.05, 4.69) is 43.4 Å². The van der Waals surface area contributed by atoms with Crippen molar-refractivity contribution in [1.82, 2.24) is 0 Å². The molecule has 0 fully saturated rings. The van der Waals surface area contributed by atoms with Gasteiger partial charge >= 0.3 is 23.1 Å². The van der Waals surface area contributed by atoms with Crippen LogP contribution in [0.25, 0.3) is 0 Å². The van der Waals surface area contributed by atoms with Crippen molar-refractivity contribution < 1.29 is 0 Å². The molecule has 0 radical (unpaired) electrons. The molecule has 0 saturated heterocycles. The third-order valence-electron chi connectivity index (χ3n) is 0.401. The minimum atomic E-state index is 0. The molecule has 2 heteroatoms. The molecule has 0 N–H and O–H groups in total. The van der Waals surface area contributed by atoms with Gasteiger partial charge in [-0.05, 0) is 5.41 Å². The molecule has 0 saturated carbocycles. The Labute approximate surface area is 75.7 Å². The van der Waals surface area contributed by atoms with Crippen LogP contribution in [-0.2, 0) is 0 Å². The van der Waals surface area contributed by atoms with Crippen LogP contribution in [0.5, 0.6) is 0 Å². The molecule has 0 unspecified atom stereocenters. The first kappa shape index (κ1) is 11.3. The highest BCUT2D eigenvalue weighted by molar-refractivity contribution is 14.1. The fourth-order valence-electron chi connectivity index (χ4n) is 0. The zero-order chi connectivity index (χ0) is 5.21. The van der Waals surface area contributed by atoms with E-state index >= 15 is 0 Å². The van der Waals surface area contributed by atoms with E-state index < -0.39 is 0 Å². The van der Waals surface area contributed by atoms with Crippen molar-refractivity contribution in [3.63, 3.8) is 0 Å². The molecule has 0 spiro atoms. The molecule has 0 aromatic rings. The van der Waals surface area contributed by atoms with Gasteiger partial charge in [0.15, 0.2) is 0 Å². The number of halogens is 1. The van der Waals surface area contributed by atoms with E-state index in [1.54, 1.807) is 0 Å². The molecule has 42 valence electrons. The van der Waals surface area contributed by atoms with Crippen molar-refractivity contribution in [3.8, 4) is 0 Å². The van der Waals surface area contributed by atoms with Gasteiger partial charge in [0.05, 0.1) is 0 Å². The molecule has 7 heavy (non-hydrogen) atoms. The van der Waals surface area contributed by atoms with Gasteiger partial charge < -0.3 is 0 Å². The van der Waals surface area contributed by atoms with E-state index in [9.17, 15) is 0 Å². The van der Waals surface area contributed by atoms with Gasteiger partial charge in [0, 0.05) is 4.43 Å². The molecular weight excluding hydrogens is 211 g/mol. The zero-order valence-corrected chi connectivity index (χ0v) is 6.74. The molecule has 0 aliphatic carbocycles. The van der Waals surface area contributed by atoms with Crippen LogP contribution in [0.3, 0.4) is 0 Å². The van der Waals surface area contributed by atoms with Crippen molar-refractivity contribution >= 4 is 45.6 Å². The molecule has 0 bridgehead atoms. The van der Waals surface area contributed by atoms with Gasteiger partial charge in [-0.15, -0.1) is 0 Å². The van der Waals surface area contributed by atoms with E-state index in [0.717, 1.165) is 0 Å². The molecule has 0 rings (SSSR count). The zero-order valence-electron chi connectivity index (χ0n) is 4.59. The topological polar surface area (TPSA) is 0 Å². The Kier molecular flexibility index (Phi) is 7.08. The Morgan fingerprint density at radius 1 is 1.29 bits per heavy atom. The summed E-state index contributed by atoms with van der Waals surface area (Å²) in [5, 5.41) is 0. The highest BCUT2D eigenvalue weighted by atomic mass is 127. The first-order valence-corrected chi connectivity index (χ1v) is 3.65. The average molecular weight is 224 g/mol. The number of hydrogen-bond acceptors (Lipinski definition) is 0. The van der Waals surface area contributed by atoms with Crippen LogP contribution in [0.1, 0.15) is 20.8 Å². The Morgan fingerprint density at radius 3 is 1.43 bits per heavy atom. The quantitative estimate of drug-likeness (QED) is 0.333. The molecule has 0 atom stereocenters. The van der Waals surface area contributed by atoms with Gasteiger partial charge in [0.25, 0.3) is 0 Å². The van der Waals surface area contributed by atoms with Crippen molar-refractivity contribution in [2.45, 2.75) is 20.8 Å². The second-order valence-corrected chi connectivity index (χ2v) is 3.46. The molecule has 0 heterocycles. The average Bonchev–Trinajstić information content (AvgIpc) is 1.35. The molecular formula is C5H13IMg. The van der Waals surface area contributed by atoms with E-state index in [1.807, 2.05) is 0 Å². The summed E-state index contributed by atoms with van der Waals surface area (Å²) in [5.74, 6) is 0. The molecule has 0 aliphatic rings. The van der Waals surface area contributed by atoms with Crippen LogP contribution in [0.2, 0.25) is 0 Å². The Hall–Kier alpha value is 1.50. The predicted octanol–water partition coefficient (Wildman–Crippen LogP) is 1.55. The first-order chi connectivity index (χ1) is 2.56. The third-order valence-corrected chi connectivity index (χ3v) is 2.69. The second-order valence-electron chi connectivity index (χ2n) is 2.69. The lowest BCUT2D eigenvalue weighted by atomic mass is 10.0. The van der Waals surface area contributed by atoms with E-state index in [1.165, 1.54) is 4.43 Å². The summed E-state index contributed by atoms with van der Waals surface area (Å²) in [4.78, 5) is 0. The minimum Gasteiger partial charge on any atom is -0.0858 e. The smallest absolute Gasteiger partial charge is 0.0858 e. The molecule has 0 amide bonds. The molecule has 0 aliphatic heterocycles. The minimum absolute atomic E-state index is 0. The van der Waals surface area contributed by atoms with E-state index in [-0.39, 0.29) is 23.1 Å². The lowest BCUT2D eigenvalue weighted by molar-refractivity contribution is 0.489. The summed E-state index contributed by atoms with van der Waals surface area (Å²) in [6.45, 7) is 6.71. The fourth-order valence-corrected chi connectivity index (χ4v) is 0. The fraction of sp³-hybridized carbons (Fsp3) is 1.00. The standard InChI is InChI=1S/C5H11I.Mg.2H/c1-5(2,3)4-6;;;/h4H2,1-3H3;;;. The first-order valence-electron chi connectivity index (χ1n) is 2.12. The summed E-state index contributed by atoms with van der Waals surface area (Å²) in [6.07, 6.45) is 0. The summed E-state index contributed by atoms with van der Waals surface area (Å²) >= 11 is 2.39. The highest BCUT2D eigenvalue weighted by Crippen LogP contribution is 2.15. The largest absolute Gasteiger partial charge is 0.316 e. The third kappa shape index (κ3) is 11.2. The van der Waals surface area contributed by atoms with Gasteiger partial charge in [0.2, 0.25) is 0 Å². The SMILES string of the molecule is CC(C)(C)CI.[MgH2]. The number of rotatable bonds is 0. The van der Waals surface area contributed by atoms with Crippen molar-refractivity contribution in [2.24, 2.45) is 5.41 Å². The van der Waals surface area contributed by atoms with Gasteiger partial charge in [-0.2, -0.15) is 0 Å². The number of alkyl halides is 1. The van der Waals surface area contributed by atoms with Crippen LogP contribution in [0.4, 0.5) is 0 Å². The van der Waals surface area contributed by atoms with Crippen molar-refractivity contribution in [2.75, 3.05) is 4.43 Å². The summed E-state index contributed by atoms with van der Waals surface area (Å²) in [6, 6.07) is 0. The van der Waals surface area contributed by atoms with E-state index in [4.69, 9.17) is 0 Å². The summed E-state index contributed by atoms with van der Waals surface area (Å²) in [5.41, 5.74) is 0.528. The normalized spacial score (nSPS) is 10.3. The van der Waals surface area contributed by atoms with Crippen LogP contribution >= 0.6 is 22.6 Å². The van der Waals surface area contributed by atoms with Crippen LogP contribution in [0, 0.1) is 5.41 Å². The van der Waals surface area contributed by atoms with Gasteiger partial charge in [-0.1, -0.05) is 43.4 Å². The Bertz CT molecular complexity index is 37.8. The molecule has 0 nitrogen and oxygen atoms in total. The van der Waals surface area contributed by atoms with Crippen molar-refractivity contribution in [1.29, 1.82) is 0 Å².